The van der Waals surface area contributed by atoms with Crippen LogP contribution in [0.2, 0.25) is 0 Å². The van der Waals surface area contributed by atoms with E-state index in [4.69, 9.17) is 27.4 Å². The highest BCUT2D eigenvalue weighted by Gasteiger charge is 2.10. The molecule has 2 aromatic rings. The first-order valence-electron chi connectivity index (χ1n) is 6.07. The molecule has 0 aliphatic rings. The summed E-state index contributed by atoms with van der Waals surface area (Å²) in [5.74, 6) is 1.48. The van der Waals surface area contributed by atoms with E-state index < -0.39 is 0 Å². The maximum Gasteiger partial charge on any atom is 0.130 e. The van der Waals surface area contributed by atoms with Crippen LogP contribution in [0.5, 0.6) is 11.5 Å². The van der Waals surface area contributed by atoms with Crippen LogP contribution in [0, 0.1) is 0 Å². The van der Waals surface area contributed by atoms with Crippen molar-refractivity contribution in [3.63, 3.8) is 0 Å². The van der Waals surface area contributed by atoms with Crippen LogP contribution >= 0.6 is 28.1 Å². The summed E-state index contributed by atoms with van der Waals surface area (Å²) in [4.78, 5) is 0.302. The van der Waals surface area contributed by atoms with Gasteiger partial charge < -0.3 is 15.2 Å². The van der Waals surface area contributed by atoms with Gasteiger partial charge in [-0.25, -0.2) is 0 Å². The molecule has 2 N–H and O–H groups in total. The molecule has 0 heterocycles. The number of ether oxygens (including phenoxy) is 2. The molecule has 5 heteroatoms. The Morgan fingerprint density at radius 1 is 1.00 bits per heavy atom. The van der Waals surface area contributed by atoms with Crippen LogP contribution in [-0.4, -0.2) is 18.2 Å². The predicted octanol–water partition coefficient (Wildman–Crippen LogP) is 3.54. The molecule has 0 aliphatic carbocycles. The Labute approximate surface area is 131 Å². The summed E-state index contributed by atoms with van der Waals surface area (Å²) in [6, 6.07) is 15.2. The van der Waals surface area contributed by atoms with Crippen molar-refractivity contribution in [2.24, 2.45) is 5.73 Å². The van der Waals surface area contributed by atoms with Crippen molar-refractivity contribution in [3.05, 3.63) is 58.6 Å². The third kappa shape index (κ3) is 3.95. The topological polar surface area (TPSA) is 44.5 Å². The van der Waals surface area contributed by atoms with Crippen molar-refractivity contribution in [1.82, 2.24) is 0 Å². The maximum absolute atomic E-state index is 5.70. The summed E-state index contributed by atoms with van der Waals surface area (Å²) >= 11 is 8.44. The van der Waals surface area contributed by atoms with E-state index in [1.807, 2.05) is 48.5 Å². The van der Waals surface area contributed by atoms with Gasteiger partial charge in [0.25, 0.3) is 0 Å². The van der Waals surface area contributed by atoms with Gasteiger partial charge in [-0.3, -0.25) is 0 Å². The normalized spacial score (nSPS) is 10.1. The summed E-state index contributed by atoms with van der Waals surface area (Å²) in [5, 5.41) is 0. The first-order valence-corrected chi connectivity index (χ1v) is 7.27. The standard InChI is InChI=1S/C15H14BrNO2S/c16-12-7-4-8-13(14(12)15(17)20)19-10-9-18-11-5-2-1-3-6-11/h1-8H,9-10H2,(H2,17,20). The van der Waals surface area contributed by atoms with Crippen LogP contribution in [0.1, 0.15) is 5.56 Å². The van der Waals surface area contributed by atoms with Gasteiger partial charge in [0, 0.05) is 4.47 Å². The van der Waals surface area contributed by atoms with Crippen molar-refractivity contribution in [2.75, 3.05) is 13.2 Å². The number of thiocarbonyl (C=S) groups is 1. The van der Waals surface area contributed by atoms with Crippen LogP contribution in [-0.2, 0) is 0 Å². The van der Waals surface area contributed by atoms with Gasteiger partial charge in [-0.15, -0.1) is 0 Å². The second-order valence-electron chi connectivity index (χ2n) is 3.99. The van der Waals surface area contributed by atoms with Crippen molar-refractivity contribution >= 4 is 33.1 Å². The molecule has 0 atom stereocenters. The third-order valence-corrected chi connectivity index (χ3v) is 3.44. The Hall–Kier alpha value is -1.59. The number of nitrogens with two attached hydrogens (primary N) is 1. The minimum atomic E-state index is 0.302. The first kappa shape index (κ1) is 14.8. The van der Waals surface area contributed by atoms with Crippen LogP contribution in [0.4, 0.5) is 0 Å². The monoisotopic (exact) mass is 351 g/mol. The summed E-state index contributed by atoms with van der Waals surface area (Å²) in [7, 11) is 0. The second kappa shape index (κ2) is 7.26. The average molecular weight is 352 g/mol. The van der Waals surface area contributed by atoms with Gasteiger partial charge in [-0.2, -0.15) is 0 Å². The molecule has 0 unspecified atom stereocenters. The minimum Gasteiger partial charge on any atom is -0.490 e. The van der Waals surface area contributed by atoms with Gasteiger partial charge in [0.15, 0.2) is 0 Å². The van der Waals surface area contributed by atoms with Crippen molar-refractivity contribution in [3.8, 4) is 11.5 Å². The predicted molar refractivity (Wildman–Crippen MR) is 87.5 cm³/mol. The SMILES string of the molecule is NC(=S)c1c(Br)cccc1OCCOc1ccccc1. The summed E-state index contributed by atoms with van der Waals surface area (Å²) in [5.41, 5.74) is 6.41. The Morgan fingerprint density at radius 3 is 2.40 bits per heavy atom. The Bertz CT molecular complexity index is 590. The third-order valence-electron chi connectivity index (χ3n) is 2.57. The highest BCUT2D eigenvalue weighted by molar-refractivity contribution is 9.10. The molecule has 0 spiro atoms. The van der Waals surface area contributed by atoms with Crippen molar-refractivity contribution in [2.45, 2.75) is 0 Å². The zero-order valence-corrected chi connectivity index (χ0v) is 13.1. The van der Waals surface area contributed by atoms with Crippen LogP contribution < -0.4 is 15.2 Å². The van der Waals surface area contributed by atoms with E-state index in [0.717, 1.165) is 10.2 Å². The lowest BCUT2D eigenvalue weighted by molar-refractivity contribution is 0.217. The Balaban J connectivity index is 1.92. The highest BCUT2D eigenvalue weighted by Crippen LogP contribution is 2.26. The summed E-state index contributed by atoms with van der Waals surface area (Å²) in [6.45, 7) is 0.869. The van der Waals surface area contributed by atoms with Crippen LogP contribution in [0.25, 0.3) is 0 Å². The fourth-order valence-electron chi connectivity index (χ4n) is 1.69. The van der Waals surface area contributed by atoms with E-state index >= 15 is 0 Å². The van der Waals surface area contributed by atoms with Crippen molar-refractivity contribution < 1.29 is 9.47 Å². The molecular weight excluding hydrogens is 338 g/mol. The smallest absolute Gasteiger partial charge is 0.130 e. The number of halogens is 1. The minimum absolute atomic E-state index is 0.302. The lowest BCUT2D eigenvalue weighted by Crippen LogP contribution is -2.15. The van der Waals surface area contributed by atoms with Crippen LogP contribution in [0.15, 0.2) is 53.0 Å². The van der Waals surface area contributed by atoms with Gasteiger partial charge in [0.1, 0.15) is 29.7 Å². The van der Waals surface area contributed by atoms with E-state index in [0.29, 0.717) is 29.5 Å². The average Bonchev–Trinajstić information content (AvgIpc) is 2.44. The fraction of sp³-hybridized carbons (Fsp3) is 0.133. The molecule has 0 aromatic heterocycles. The summed E-state index contributed by atoms with van der Waals surface area (Å²) in [6.07, 6.45) is 0. The van der Waals surface area contributed by atoms with Crippen LogP contribution in [0.3, 0.4) is 0 Å². The molecule has 0 saturated carbocycles. The highest BCUT2D eigenvalue weighted by atomic mass is 79.9. The van der Waals surface area contributed by atoms with E-state index in [1.54, 1.807) is 0 Å². The van der Waals surface area contributed by atoms with Gasteiger partial charge in [0.2, 0.25) is 0 Å². The first-order chi connectivity index (χ1) is 9.68. The molecule has 0 amide bonds. The van der Waals surface area contributed by atoms with Gasteiger partial charge in [-0.1, -0.05) is 36.5 Å². The van der Waals surface area contributed by atoms with Gasteiger partial charge >= 0.3 is 0 Å². The number of para-hydroxylation sites is 1. The second-order valence-corrected chi connectivity index (χ2v) is 5.28. The quantitative estimate of drug-likeness (QED) is 0.638. The molecule has 2 rings (SSSR count). The molecule has 20 heavy (non-hydrogen) atoms. The number of hydrogen-bond acceptors (Lipinski definition) is 3. The van der Waals surface area contributed by atoms with Crippen molar-refractivity contribution in [1.29, 1.82) is 0 Å². The summed E-state index contributed by atoms with van der Waals surface area (Å²) < 4.78 is 12.1. The number of rotatable bonds is 6. The Kier molecular flexibility index (Phi) is 5.38. The fourth-order valence-corrected chi connectivity index (χ4v) is 2.59. The maximum atomic E-state index is 5.70. The number of benzene rings is 2. The van der Waals surface area contributed by atoms with E-state index in [2.05, 4.69) is 15.9 Å². The lowest BCUT2D eigenvalue weighted by atomic mass is 10.2. The molecule has 2 aromatic carbocycles. The van der Waals surface area contributed by atoms with E-state index in [9.17, 15) is 0 Å². The molecule has 0 fully saturated rings. The Morgan fingerprint density at radius 2 is 1.70 bits per heavy atom. The molecule has 0 aliphatic heterocycles. The van der Waals surface area contributed by atoms with Gasteiger partial charge in [-0.05, 0) is 40.2 Å². The van der Waals surface area contributed by atoms with E-state index in [1.165, 1.54) is 0 Å². The molecule has 104 valence electrons. The zero-order chi connectivity index (χ0) is 14.4. The molecule has 0 radical (unpaired) electrons. The number of hydrogen-bond donors (Lipinski definition) is 1. The molecular formula is C15H14BrNO2S. The molecule has 0 saturated heterocycles. The lowest BCUT2D eigenvalue weighted by Gasteiger charge is -2.12. The van der Waals surface area contributed by atoms with Gasteiger partial charge in [0.05, 0.1) is 5.56 Å². The van der Waals surface area contributed by atoms with E-state index in [-0.39, 0.29) is 0 Å². The largest absolute Gasteiger partial charge is 0.490 e. The molecule has 0 bridgehead atoms. The molecule has 3 nitrogen and oxygen atoms in total. The zero-order valence-electron chi connectivity index (χ0n) is 10.7.